The second kappa shape index (κ2) is 8.06. The van der Waals surface area contributed by atoms with Crippen molar-refractivity contribution in [2.45, 2.75) is 18.9 Å². The Morgan fingerprint density at radius 3 is 2.62 bits per heavy atom. The molecule has 0 bridgehead atoms. The fraction of sp³-hybridized carbons (Fsp3) is 0.500. The summed E-state index contributed by atoms with van der Waals surface area (Å²) in [5, 5.41) is 6.17. The molecule has 1 heterocycles. The molecular weight excluding hydrogens is 466 g/mol. The van der Waals surface area contributed by atoms with E-state index in [1.54, 1.807) is 0 Å². The first-order valence-corrected chi connectivity index (χ1v) is 9.22. The topological polar surface area (TPSA) is 44.4 Å². The number of benzene rings is 1. The third-order valence-corrected chi connectivity index (χ3v) is 5.27. The van der Waals surface area contributed by atoms with Gasteiger partial charge < -0.3 is 10.6 Å². The van der Waals surface area contributed by atoms with Crippen LogP contribution >= 0.6 is 47.8 Å². The Labute approximate surface area is 150 Å². The van der Waals surface area contributed by atoms with Gasteiger partial charge in [0.2, 0.25) is 5.91 Å². The summed E-state index contributed by atoms with van der Waals surface area (Å²) in [6, 6.07) is 4.29. The Hall–Kier alpha value is 0.0500. The zero-order valence-electron chi connectivity index (χ0n) is 11.8. The molecule has 2 N–H and O–H groups in total. The van der Waals surface area contributed by atoms with E-state index in [-0.39, 0.29) is 5.91 Å². The Balaban J connectivity index is 1.99. The zero-order chi connectivity index (χ0) is 15.4. The minimum Gasteiger partial charge on any atom is -0.323 e. The number of likely N-dealkylation sites (tertiary alicyclic amines) is 1. The van der Waals surface area contributed by atoms with Crippen molar-refractivity contribution in [2.75, 3.05) is 32.0 Å². The maximum Gasteiger partial charge on any atom is 0.238 e. The van der Waals surface area contributed by atoms with Crippen LogP contribution in [0.3, 0.4) is 0 Å². The number of carbonyl (C=O) groups excluding carboxylic acids is 1. The van der Waals surface area contributed by atoms with Crippen molar-refractivity contribution in [1.82, 2.24) is 10.2 Å². The third kappa shape index (κ3) is 4.76. The number of hydrogen-bond acceptors (Lipinski definition) is 3. The fourth-order valence-corrected chi connectivity index (χ4v) is 5.05. The molecule has 21 heavy (non-hydrogen) atoms. The Morgan fingerprint density at radius 2 is 2.00 bits per heavy atom. The van der Waals surface area contributed by atoms with Crippen LogP contribution in [0, 0.1) is 0 Å². The first-order valence-electron chi connectivity index (χ1n) is 6.84. The number of carbonyl (C=O) groups is 1. The van der Waals surface area contributed by atoms with Gasteiger partial charge in [-0.3, -0.25) is 9.69 Å². The molecule has 0 aromatic heterocycles. The van der Waals surface area contributed by atoms with Crippen molar-refractivity contribution in [1.29, 1.82) is 0 Å². The van der Waals surface area contributed by atoms with E-state index in [4.69, 9.17) is 0 Å². The standard InChI is InChI=1S/C14H18Br3N3O/c1-18-7-10-3-2-4-20(10)8-13(21)19-14-11(16)5-9(15)6-12(14)17/h5-6,10,18H,2-4,7-8H2,1H3,(H,19,21). The van der Waals surface area contributed by atoms with Gasteiger partial charge in [0.05, 0.1) is 12.2 Å². The summed E-state index contributed by atoms with van der Waals surface area (Å²) in [7, 11) is 1.95. The SMILES string of the molecule is CNCC1CCCN1CC(=O)Nc1c(Br)cc(Br)cc1Br. The molecule has 2 rings (SSSR count). The lowest BCUT2D eigenvalue weighted by molar-refractivity contribution is -0.117. The van der Waals surface area contributed by atoms with Gasteiger partial charge in [-0.1, -0.05) is 15.9 Å². The zero-order valence-corrected chi connectivity index (χ0v) is 16.5. The van der Waals surface area contributed by atoms with Crippen LogP contribution in [0.1, 0.15) is 12.8 Å². The summed E-state index contributed by atoms with van der Waals surface area (Å²) in [6.45, 7) is 2.35. The molecule has 1 aromatic carbocycles. The summed E-state index contributed by atoms with van der Waals surface area (Å²) in [5.74, 6) is 0.0155. The van der Waals surface area contributed by atoms with E-state index in [0.29, 0.717) is 12.6 Å². The smallest absolute Gasteiger partial charge is 0.238 e. The number of rotatable bonds is 5. The van der Waals surface area contributed by atoms with Gasteiger partial charge in [-0.2, -0.15) is 0 Å². The second-order valence-corrected chi connectivity index (χ2v) is 7.74. The Kier molecular flexibility index (Phi) is 6.68. The van der Waals surface area contributed by atoms with E-state index in [1.165, 1.54) is 0 Å². The van der Waals surface area contributed by atoms with Gasteiger partial charge >= 0.3 is 0 Å². The van der Waals surface area contributed by atoms with Crippen LogP contribution in [0.25, 0.3) is 0 Å². The van der Waals surface area contributed by atoms with Gasteiger partial charge in [0.25, 0.3) is 0 Å². The number of nitrogens with one attached hydrogen (secondary N) is 2. The summed E-state index contributed by atoms with van der Waals surface area (Å²) in [6.07, 6.45) is 2.31. The highest BCUT2D eigenvalue weighted by Crippen LogP contribution is 2.34. The first-order chi connectivity index (χ1) is 10.0. The van der Waals surface area contributed by atoms with Crippen LogP contribution in [0.2, 0.25) is 0 Å². The van der Waals surface area contributed by atoms with Crippen molar-refractivity contribution < 1.29 is 4.79 Å². The highest BCUT2D eigenvalue weighted by Gasteiger charge is 2.25. The Morgan fingerprint density at radius 1 is 1.33 bits per heavy atom. The van der Waals surface area contributed by atoms with E-state index in [9.17, 15) is 4.79 Å². The lowest BCUT2D eigenvalue weighted by Gasteiger charge is -2.23. The molecule has 1 atom stereocenters. The molecule has 1 unspecified atom stereocenters. The highest BCUT2D eigenvalue weighted by atomic mass is 79.9. The summed E-state index contributed by atoms with van der Waals surface area (Å²) in [5.41, 5.74) is 0.771. The summed E-state index contributed by atoms with van der Waals surface area (Å²) >= 11 is 10.4. The molecule has 7 heteroatoms. The second-order valence-electron chi connectivity index (χ2n) is 5.12. The van der Waals surface area contributed by atoms with Crippen molar-refractivity contribution in [3.8, 4) is 0 Å². The monoisotopic (exact) mass is 481 g/mol. The minimum absolute atomic E-state index is 0.0155. The number of nitrogens with zero attached hydrogens (tertiary/aromatic N) is 1. The van der Waals surface area contributed by atoms with E-state index in [2.05, 4.69) is 63.3 Å². The van der Waals surface area contributed by atoms with Gasteiger partial charge in [0.15, 0.2) is 0 Å². The molecule has 1 aliphatic heterocycles. The summed E-state index contributed by atoms with van der Waals surface area (Å²) in [4.78, 5) is 14.5. The number of likely N-dealkylation sites (N-methyl/N-ethyl adjacent to an activating group) is 1. The molecule has 0 spiro atoms. The van der Waals surface area contributed by atoms with Gasteiger partial charge in [-0.25, -0.2) is 0 Å². The van der Waals surface area contributed by atoms with Crippen LogP contribution in [-0.2, 0) is 4.79 Å². The van der Waals surface area contributed by atoms with Gasteiger partial charge in [-0.05, 0) is 70.4 Å². The Bertz CT molecular complexity index is 501. The molecule has 1 aromatic rings. The third-order valence-electron chi connectivity index (χ3n) is 3.56. The highest BCUT2D eigenvalue weighted by molar-refractivity contribution is 9.11. The van der Waals surface area contributed by atoms with Crippen molar-refractivity contribution in [3.63, 3.8) is 0 Å². The minimum atomic E-state index is 0.0155. The van der Waals surface area contributed by atoms with E-state index in [1.807, 2.05) is 19.2 Å². The predicted octanol–water partition coefficient (Wildman–Crippen LogP) is 3.60. The van der Waals surface area contributed by atoms with Gasteiger partial charge in [0, 0.05) is 26.0 Å². The van der Waals surface area contributed by atoms with Crippen molar-refractivity contribution in [2.24, 2.45) is 0 Å². The van der Waals surface area contributed by atoms with Crippen molar-refractivity contribution >= 4 is 59.4 Å². The van der Waals surface area contributed by atoms with Crippen molar-refractivity contribution in [3.05, 3.63) is 25.6 Å². The van der Waals surface area contributed by atoms with Crippen LogP contribution in [0.5, 0.6) is 0 Å². The maximum absolute atomic E-state index is 12.3. The molecule has 1 fully saturated rings. The normalized spacial score (nSPS) is 19.0. The molecule has 1 saturated heterocycles. The van der Waals surface area contributed by atoms with Crippen LogP contribution in [0.4, 0.5) is 5.69 Å². The van der Waals surface area contributed by atoms with Crippen LogP contribution in [-0.4, -0.2) is 43.5 Å². The first kappa shape index (κ1) is 17.4. The lowest BCUT2D eigenvalue weighted by Crippen LogP contribution is -2.41. The molecule has 4 nitrogen and oxygen atoms in total. The van der Waals surface area contributed by atoms with Gasteiger partial charge in [0.1, 0.15) is 0 Å². The average Bonchev–Trinajstić information content (AvgIpc) is 2.82. The molecule has 0 radical (unpaired) electrons. The number of halogens is 3. The maximum atomic E-state index is 12.3. The average molecular weight is 484 g/mol. The number of amides is 1. The molecule has 0 saturated carbocycles. The molecular formula is C14H18Br3N3O. The van der Waals surface area contributed by atoms with E-state index >= 15 is 0 Å². The molecule has 1 aliphatic rings. The van der Waals surface area contributed by atoms with Gasteiger partial charge in [-0.15, -0.1) is 0 Å². The van der Waals surface area contributed by atoms with E-state index < -0.39 is 0 Å². The largest absolute Gasteiger partial charge is 0.323 e. The van der Waals surface area contributed by atoms with Crippen LogP contribution in [0.15, 0.2) is 25.6 Å². The van der Waals surface area contributed by atoms with E-state index in [0.717, 1.165) is 45.0 Å². The number of hydrogen-bond donors (Lipinski definition) is 2. The molecule has 116 valence electrons. The lowest BCUT2D eigenvalue weighted by atomic mass is 10.2. The molecule has 1 amide bonds. The quantitative estimate of drug-likeness (QED) is 0.672. The summed E-state index contributed by atoms with van der Waals surface area (Å²) < 4.78 is 2.66. The fourth-order valence-electron chi connectivity index (χ4n) is 2.60. The number of anilines is 1. The van der Waals surface area contributed by atoms with Crippen LogP contribution < -0.4 is 10.6 Å². The predicted molar refractivity (Wildman–Crippen MR) is 96.7 cm³/mol. The molecule has 0 aliphatic carbocycles.